The third-order valence-electron chi connectivity index (χ3n) is 3.53. The highest BCUT2D eigenvalue weighted by molar-refractivity contribution is 5.92. The van der Waals surface area contributed by atoms with Gasteiger partial charge in [0.2, 0.25) is 5.91 Å². The third kappa shape index (κ3) is 5.14. The molecule has 0 atom stereocenters. The molecule has 5 heteroatoms. The molecule has 0 saturated heterocycles. The molecule has 0 heterocycles. The van der Waals surface area contributed by atoms with Gasteiger partial charge in [0.1, 0.15) is 0 Å². The Balaban J connectivity index is 1.80. The van der Waals surface area contributed by atoms with Gasteiger partial charge in [-0.3, -0.25) is 4.79 Å². The molecule has 0 unspecified atom stereocenters. The lowest BCUT2D eigenvalue weighted by molar-refractivity contribution is -0.116. The fourth-order valence-electron chi connectivity index (χ4n) is 2.09. The van der Waals surface area contributed by atoms with E-state index in [1.54, 1.807) is 36.2 Å². The molecule has 0 spiro atoms. The largest absolute Gasteiger partial charge is 0.338 e. The van der Waals surface area contributed by atoms with Crippen molar-refractivity contribution in [1.29, 1.82) is 0 Å². The van der Waals surface area contributed by atoms with Gasteiger partial charge < -0.3 is 15.5 Å². The molecular weight excluding hydrogens is 290 g/mol. The summed E-state index contributed by atoms with van der Waals surface area (Å²) >= 11 is 0. The van der Waals surface area contributed by atoms with Gasteiger partial charge in [-0.15, -0.1) is 0 Å². The summed E-state index contributed by atoms with van der Waals surface area (Å²) in [5, 5.41) is 5.59. The Kier molecular flexibility index (Phi) is 5.74. The number of anilines is 2. The molecule has 120 valence electrons. The third-order valence-corrected chi connectivity index (χ3v) is 3.53. The van der Waals surface area contributed by atoms with E-state index in [0.29, 0.717) is 12.2 Å². The van der Waals surface area contributed by atoms with Crippen LogP contribution in [0.5, 0.6) is 0 Å². The van der Waals surface area contributed by atoms with Gasteiger partial charge in [0.05, 0.1) is 0 Å². The number of hydrogen-bond acceptors (Lipinski definition) is 2. The summed E-state index contributed by atoms with van der Waals surface area (Å²) in [7, 11) is 1.71. The second-order valence-electron chi connectivity index (χ2n) is 5.24. The number of rotatable bonds is 5. The lowest BCUT2D eigenvalue weighted by Gasteiger charge is -2.15. The minimum absolute atomic E-state index is 0.0376. The lowest BCUT2D eigenvalue weighted by Crippen LogP contribution is -2.30. The average molecular weight is 311 g/mol. The summed E-state index contributed by atoms with van der Waals surface area (Å²) in [5.41, 5.74) is 2.65. The van der Waals surface area contributed by atoms with Crippen molar-refractivity contribution < 1.29 is 9.59 Å². The minimum atomic E-state index is -0.242. The maximum absolute atomic E-state index is 11.8. The Morgan fingerprint density at radius 2 is 1.65 bits per heavy atom. The van der Waals surface area contributed by atoms with Crippen molar-refractivity contribution in [3.8, 4) is 0 Å². The summed E-state index contributed by atoms with van der Waals surface area (Å²) in [5.74, 6) is -0.0376. The second kappa shape index (κ2) is 7.98. The van der Waals surface area contributed by atoms with Crippen LogP contribution in [-0.2, 0) is 11.2 Å². The van der Waals surface area contributed by atoms with Crippen LogP contribution in [0, 0.1) is 0 Å². The number of nitrogens with zero attached hydrogens (tertiary/aromatic N) is 1. The number of amides is 3. The molecule has 5 nitrogen and oxygen atoms in total. The zero-order valence-electron chi connectivity index (χ0n) is 13.4. The van der Waals surface area contributed by atoms with Crippen LogP contribution in [0.3, 0.4) is 0 Å². The monoisotopic (exact) mass is 311 g/mol. The maximum atomic E-state index is 11.8. The van der Waals surface area contributed by atoms with Crippen LogP contribution in [0.25, 0.3) is 0 Å². The van der Waals surface area contributed by atoms with Crippen molar-refractivity contribution in [2.24, 2.45) is 0 Å². The van der Waals surface area contributed by atoms with Gasteiger partial charge in [0, 0.05) is 31.9 Å². The zero-order chi connectivity index (χ0) is 16.7. The average Bonchev–Trinajstić information content (AvgIpc) is 2.56. The Hall–Kier alpha value is -2.82. The van der Waals surface area contributed by atoms with Crippen LogP contribution in [0.2, 0.25) is 0 Å². The fourth-order valence-corrected chi connectivity index (χ4v) is 2.09. The van der Waals surface area contributed by atoms with Crippen molar-refractivity contribution in [1.82, 2.24) is 5.32 Å². The Bertz CT molecular complexity index is 654. The number of urea groups is 1. The Morgan fingerprint density at radius 3 is 2.26 bits per heavy atom. The summed E-state index contributed by atoms with van der Waals surface area (Å²) in [6.07, 6.45) is 0.788. The molecule has 0 fully saturated rings. The first-order valence-corrected chi connectivity index (χ1v) is 7.49. The first kappa shape index (κ1) is 16.5. The zero-order valence-corrected chi connectivity index (χ0v) is 13.4. The van der Waals surface area contributed by atoms with Crippen LogP contribution in [0.15, 0.2) is 54.6 Å². The van der Waals surface area contributed by atoms with Gasteiger partial charge in [-0.1, -0.05) is 30.3 Å². The van der Waals surface area contributed by atoms with Gasteiger partial charge >= 0.3 is 6.03 Å². The predicted octanol–water partition coefficient (Wildman–Crippen LogP) is 3.03. The quantitative estimate of drug-likeness (QED) is 0.891. The molecule has 3 amide bonds. The van der Waals surface area contributed by atoms with E-state index >= 15 is 0 Å². The molecule has 0 bridgehead atoms. The highest BCUT2D eigenvalue weighted by atomic mass is 16.2. The number of hydrogen-bond donors (Lipinski definition) is 2. The second-order valence-corrected chi connectivity index (χ2v) is 5.24. The summed E-state index contributed by atoms with van der Waals surface area (Å²) in [4.78, 5) is 24.7. The normalized spacial score (nSPS) is 10.0. The number of carbonyl (C=O) groups is 2. The highest BCUT2D eigenvalue weighted by Gasteiger charge is 2.06. The number of nitrogens with one attached hydrogen (secondary N) is 2. The van der Waals surface area contributed by atoms with E-state index in [-0.39, 0.29) is 11.9 Å². The lowest BCUT2D eigenvalue weighted by atomic mass is 10.1. The molecule has 0 aliphatic rings. The SMILES string of the molecule is CC(=O)N(C)c1ccc(NC(=O)NCCc2ccccc2)cc1. The van der Waals surface area contributed by atoms with Crippen LogP contribution in [-0.4, -0.2) is 25.5 Å². The van der Waals surface area contributed by atoms with E-state index in [0.717, 1.165) is 12.1 Å². The van der Waals surface area contributed by atoms with Gasteiger partial charge in [0.25, 0.3) is 0 Å². The van der Waals surface area contributed by atoms with Crippen molar-refractivity contribution in [3.05, 3.63) is 60.2 Å². The number of benzene rings is 2. The Morgan fingerprint density at radius 1 is 1.00 bits per heavy atom. The summed E-state index contributed by atoms with van der Waals surface area (Å²) < 4.78 is 0. The van der Waals surface area contributed by atoms with Crippen LogP contribution in [0.1, 0.15) is 12.5 Å². The van der Waals surface area contributed by atoms with Crippen molar-refractivity contribution in [2.45, 2.75) is 13.3 Å². The summed E-state index contributed by atoms with van der Waals surface area (Å²) in [6.45, 7) is 2.08. The standard InChI is InChI=1S/C18H21N3O2/c1-14(22)21(2)17-10-8-16(9-11-17)20-18(23)19-13-12-15-6-4-3-5-7-15/h3-11H,12-13H2,1-2H3,(H2,19,20,23). The molecule has 2 aromatic rings. The first-order valence-electron chi connectivity index (χ1n) is 7.49. The van der Waals surface area contributed by atoms with E-state index < -0.39 is 0 Å². The van der Waals surface area contributed by atoms with E-state index in [1.165, 1.54) is 12.5 Å². The van der Waals surface area contributed by atoms with Gasteiger partial charge in [-0.2, -0.15) is 0 Å². The first-order chi connectivity index (χ1) is 11.1. The van der Waals surface area contributed by atoms with Gasteiger partial charge in [-0.25, -0.2) is 4.79 Å². The molecule has 0 saturated carbocycles. The van der Waals surface area contributed by atoms with Crippen molar-refractivity contribution in [2.75, 3.05) is 23.8 Å². The Labute approximate surface area is 136 Å². The van der Waals surface area contributed by atoms with Crippen LogP contribution >= 0.6 is 0 Å². The van der Waals surface area contributed by atoms with Gasteiger partial charge in [-0.05, 0) is 36.2 Å². The molecule has 2 rings (SSSR count). The topological polar surface area (TPSA) is 61.4 Å². The summed E-state index contributed by atoms with van der Waals surface area (Å²) in [6, 6.07) is 16.9. The molecule has 23 heavy (non-hydrogen) atoms. The maximum Gasteiger partial charge on any atom is 0.319 e. The predicted molar refractivity (Wildman–Crippen MR) is 92.7 cm³/mol. The highest BCUT2D eigenvalue weighted by Crippen LogP contribution is 2.16. The molecule has 0 aromatic heterocycles. The number of carbonyl (C=O) groups excluding carboxylic acids is 2. The van der Waals surface area contributed by atoms with Crippen molar-refractivity contribution >= 4 is 23.3 Å². The van der Waals surface area contributed by atoms with Crippen LogP contribution in [0.4, 0.5) is 16.2 Å². The minimum Gasteiger partial charge on any atom is -0.338 e. The molecule has 2 aromatic carbocycles. The van der Waals surface area contributed by atoms with E-state index in [2.05, 4.69) is 10.6 Å². The van der Waals surface area contributed by atoms with Gasteiger partial charge in [0.15, 0.2) is 0 Å². The van der Waals surface area contributed by atoms with E-state index in [1.807, 2.05) is 30.3 Å². The van der Waals surface area contributed by atoms with Crippen molar-refractivity contribution in [3.63, 3.8) is 0 Å². The fraction of sp³-hybridized carbons (Fsp3) is 0.222. The molecule has 0 aliphatic heterocycles. The smallest absolute Gasteiger partial charge is 0.319 e. The molecule has 0 radical (unpaired) electrons. The molecule has 0 aliphatic carbocycles. The van der Waals surface area contributed by atoms with Crippen LogP contribution < -0.4 is 15.5 Å². The molecular formula is C18H21N3O2. The molecule has 2 N–H and O–H groups in total. The van der Waals surface area contributed by atoms with E-state index in [4.69, 9.17) is 0 Å². The van der Waals surface area contributed by atoms with E-state index in [9.17, 15) is 9.59 Å².